The fraction of sp³-hybridized carbons (Fsp3) is 0.538. The van der Waals surface area contributed by atoms with E-state index in [4.69, 9.17) is 5.11 Å². The molecule has 0 fully saturated rings. The molecule has 0 unspecified atom stereocenters. The van der Waals surface area contributed by atoms with Gasteiger partial charge in [0.15, 0.2) is 0 Å². The summed E-state index contributed by atoms with van der Waals surface area (Å²) >= 11 is 2.14. The van der Waals surface area contributed by atoms with Gasteiger partial charge in [-0.15, -0.1) is 0 Å². The summed E-state index contributed by atoms with van der Waals surface area (Å²) in [5.74, 6) is 0. The molecule has 108 valence electrons. The lowest BCUT2D eigenvalue weighted by molar-refractivity contribution is 0.219. The molecule has 1 aromatic rings. The molecule has 0 amide bonds. The highest BCUT2D eigenvalue weighted by Gasteiger charge is 2.29. The summed E-state index contributed by atoms with van der Waals surface area (Å²) in [5, 5.41) is 9.12. The fourth-order valence-corrected chi connectivity index (χ4v) is 4.16. The van der Waals surface area contributed by atoms with Crippen LogP contribution in [0, 0.1) is 3.57 Å². The van der Waals surface area contributed by atoms with Crippen molar-refractivity contribution in [3.8, 4) is 0 Å². The molecule has 0 radical (unpaired) electrons. The predicted octanol–water partition coefficient (Wildman–Crippen LogP) is 2.46. The average Bonchev–Trinajstić information content (AvgIpc) is 2.39. The Labute approximate surface area is 129 Å². The summed E-state index contributed by atoms with van der Waals surface area (Å²) in [6.45, 7) is 3.89. The van der Waals surface area contributed by atoms with Gasteiger partial charge in [0.25, 0.3) is 0 Å². The molecular formula is C13H20INO3S. The Morgan fingerprint density at radius 2 is 1.74 bits per heavy atom. The minimum atomic E-state index is -3.53. The van der Waals surface area contributed by atoms with Crippen LogP contribution in [-0.4, -0.2) is 37.0 Å². The number of sulfonamides is 1. The molecule has 0 spiro atoms. The summed E-state index contributed by atoms with van der Waals surface area (Å²) in [7, 11) is -3.53. The second kappa shape index (κ2) is 7.56. The van der Waals surface area contributed by atoms with E-state index >= 15 is 0 Å². The van der Waals surface area contributed by atoms with Crippen LogP contribution in [0.2, 0.25) is 0 Å². The lowest BCUT2D eigenvalue weighted by atomic mass is 10.2. The van der Waals surface area contributed by atoms with Crippen LogP contribution < -0.4 is 0 Å². The summed E-state index contributed by atoms with van der Waals surface area (Å²) in [6.07, 6.45) is 1.47. The maximum atomic E-state index is 12.6. The molecule has 6 heteroatoms. The molecule has 1 aromatic carbocycles. The Morgan fingerprint density at radius 1 is 1.21 bits per heavy atom. The van der Waals surface area contributed by atoms with Crippen molar-refractivity contribution in [2.75, 3.05) is 13.2 Å². The van der Waals surface area contributed by atoms with E-state index in [1.54, 1.807) is 24.3 Å². The van der Waals surface area contributed by atoms with Gasteiger partial charge in [0.2, 0.25) is 10.0 Å². The first-order valence-corrected chi connectivity index (χ1v) is 8.87. The molecule has 0 aliphatic heterocycles. The van der Waals surface area contributed by atoms with Gasteiger partial charge in [0.1, 0.15) is 0 Å². The van der Waals surface area contributed by atoms with Crippen molar-refractivity contribution in [1.29, 1.82) is 0 Å². The number of aliphatic hydroxyl groups is 1. The normalized spacial score (nSPS) is 12.3. The monoisotopic (exact) mass is 397 g/mol. The zero-order valence-corrected chi connectivity index (χ0v) is 14.2. The van der Waals surface area contributed by atoms with Gasteiger partial charge in [-0.05, 0) is 59.7 Å². The SMILES string of the molecule is CCC(CC)N(CCO)S(=O)(=O)c1ccc(I)cc1. The molecular weight excluding hydrogens is 377 g/mol. The Hall–Kier alpha value is -0.180. The van der Waals surface area contributed by atoms with E-state index in [9.17, 15) is 8.42 Å². The molecule has 0 heterocycles. The lowest BCUT2D eigenvalue weighted by Crippen LogP contribution is -2.41. The van der Waals surface area contributed by atoms with Crippen molar-refractivity contribution >= 4 is 32.6 Å². The summed E-state index contributed by atoms with van der Waals surface area (Å²) in [4.78, 5) is 0.285. The average molecular weight is 397 g/mol. The van der Waals surface area contributed by atoms with E-state index in [1.807, 2.05) is 13.8 Å². The van der Waals surface area contributed by atoms with Crippen LogP contribution in [0.15, 0.2) is 29.2 Å². The second-order valence-electron chi connectivity index (χ2n) is 4.26. The van der Waals surface area contributed by atoms with Crippen molar-refractivity contribution in [2.45, 2.75) is 37.6 Å². The lowest BCUT2D eigenvalue weighted by Gasteiger charge is -2.29. The van der Waals surface area contributed by atoms with Gasteiger partial charge in [-0.1, -0.05) is 13.8 Å². The van der Waals surface area contributed by atoms with Gasteiger partial charge >= 0.3 is 0 Å². The van der Waals surface area contributed by atoms with Crippen LogP contribution in [0.1, 0.15) is 26.7 Å². The largest absolute Gasteiger partial charge is 0.395 e. The van der Waals surface area contributed by atoms with E-state index in [0.717, 1.165) is 16.4 Å². The van der Waals surface area contributed by atoms with E-state index in [2.05, 4.69) is 22.6 Å². The van der Waals surface area contributed by atoms with Crippen molar-refractivity contribution in [2.24, 2.45) is 0 Å². The number of halogens is 1. The minimum absolute atomic E-state index is 0.0728. The Bertz CT molecular complexity index is 483. The first-order valence-electron chi connectivity index (χ1n) is 6.35. The number of benzene rings is 1. The highest BCUT2D eigenvalue weighted by atomic mass is 127. The topological polar surface area (TPSA) is 57.6 Å². The molecule has 4 nitrogen and oxygen atoms in total. The van der Waals surface area contributed by atoms with Gasteiger partial charge in [0, 0.05) is 16.2 Å². The Morgan fingerprint density at radius 3 is 2.16 bits per heavy atom. The van der Waals surface area contributed by atoms with Crippen LogP contribution in [-0.2, 0) is 10.0 Å². The first kappa shape index (κ1) is 16.9. The smallest absolute Gasteiger partial charge is 0.243 e. The number of hydrogen-bond acceptors (Lipinski definition) is 3. The number of aliphatic hydroxyl groups excluding tert-OH is 1. The van der Waals surface area contributed by atoms with Crippen molar-refractivity contribution in [1.82, 2.24) is 4.31 Å². The fourth-order valence-electron chi connectivity index (χ4n) is 2.04. The molecule has 0 aliphatic rings. The maximum absolute atomic E-state index is 12.6. The summed E-state index contributed by atoms with van der Waals surface area (Å²) in [5.41, 5.74) is 0. The minimum Gasteiger partial charge on any atom is -0.395 e. The zero-order valence-electron chi connectivity index (χ0n) is 11.2. The maximum Gasteiger partial charge on any atom is 0.243 e. The van der Waals surface area contributed by atoms with Crippen LogP contribution in [0.4, 0.5) is 0 Å². The number of hydrogen-bond donors (Lipinski definition) is 1. The Kier molecular flexibility index (Phi) is 6.72. The number of rotatable bonds is 7. The third-order valence-corrected chi connectivity index (χ3v) is 5.78. The van der Waals surface area contributed by atoms with Gasteiger partial charge in [-0.3, -0.25) is 0 Å². The van der Waals surface area contributed by atoms with E-state index in [1.165, 1.54) is 4.31 Å². The van der Waals surface area contributed by atoms with Gasteiger partial charge in [-0.2, -0.15) is 4.31 Å². The molecule has 0 atom stereocenters. The van der Waals surface area contributed by atoms with Crippen LogP contribution in [0.5, 0.6) is 0 Å². The van der Waals surface area contributed by atoms with Crippen molar-refractivity contribution in [3.05, 3.63) is 27.8 Å². The molecule has 19 heavy (non-hydrogen) atoms. The van der Waals surface area contributed by atoms with Crippen LogP contribution >= 0.6 is 22.6 Å². The molecule has 0 aromatic heterocycles. The molecule has 0 aliphatic carbocycles. The van der Waals surface area contributed by atoms with Gasteiger partial charge < -0.3 is 5.11 Å². The summed E-state index contributed by atoms with van der Waals surface area (Å²) < 4.78 is 27.6. The molecule has 0 saturated heterocycles. The zero-order chi connectivity index (χ0) is 14.5. The molecule has 1 rings (SSSR count). The van der Waals surface area contributed by atoms with Crippen LogP contribution in [0.3, 0.4) is 0 Å². The molecule has 0 bridgehead atoms. The highest BCUT2D eigenvalue weighted by Crippen LogP contribution is 2.21. The molecule has 0 saturated carbocycles. The molecule has 1 N–H and O–H groups in total. The predicted molar refractivity (Wildman–Crippen MR) is 84.5 cm³/mol. The highest BCUT2D eigenvalue weighted by molar-refractivity contribution is 14.1. The van der Waals surface area contributed by atoms with Crippen molar-refractivity contribution in [3.63, 3.8) is 0 Å². The number of nitrogens with zero attached hydrogens (tertiary/aromatic N) is 1. The van der Waals surface area contributed by atoms with Crippen molar-refractivity contribution < 1.29 is 13.5 Å². The standard InChI is InChI=1S/C13H20INO3S/c1-3-12(4-2)15(9-10-16)19(17,18)13-7-5-11(14)6-8-13/h5-8,12,16H,3-4,9-10H2,1-2H3. The van der Waals surface area contributed by atoms with E-state index < -0.39 is 10.0 Å². The second-order valence-corrected chi connectivity index (χ2v) is 7.40. The Balaban J connectivity index is 3.15. The van der Waals surface area contributed by atoms with E-state index in [-0.39, 0.29) is 24.1 Å². The first-order chi connectivity index (χ1) is 8.97. The van der Waals surface area contributed by atoms with Gasteiger partial charge in [0.05, 0.1) is 11.5 Å². The third kappa shape index (κ3) is 4.14. The quantitative estimate of drug-likeness (QED) is 0.720. The van der Waals surface area contributed by atoms with Gasteiger partial charge in [-0.25, -0.2) is 8.42 Å². The third-order valence-electron chi connectivity index (χ3n) is 3.09. The van der Waals surface area contributed by atoms with Crippen LogP contribution in [0.25, 0.3) is 0 Å². The summed E-state index contributed by atoms with van der Waals surface area (Å²) in [6, 6.07) is 6.71. The van der Waals surface area contributed by atoms with E-state index in [0.29, 0.717) is 0 Å².